The lowest BCUT2D eigenvalue weighted by molar-refractivity contribution is -0.912. The summed E-state index contributed by atoms with van der Waals surface area (Å²) in [4.78, 5) is 13.4. The number of hydrogen-bond donors (Lipinski definition) is 1. The minimum atomic E-state index is -0.440. The van der Waals surface area contributed by atoms with Gasteiger partial charge in [0.2, 0.25) is 13.0 Å². The summed E-state index contributed by atoms with van der Waals surface area (Å²) in [6.45, 7) is 0.659. The van der Waals surface area contributed by atoms with Crippen LogP contribution in [0.1, 0.15) is 0 Å². The maximum Gasteiger partial charge on any atom is 0.273 e. The number of benzene rings is 1. The Morgan fingerprint density at radius 1 is 1.36 bits per heavy atom. The van der Waals surface area contributed by atoms with Crippen molar-refractivity contribution in [2.75, 3.05) is 7.11 Å². The Morgan fingerprint density at radius 2 is 2.23 bits per heavy atom. The lowest BCUT2D eigenvalue weighted by Gasteiger charge is -2.04. The van der Waals surface area contributed by atoms with Crippen LogP contribution in [0.15, 0.2) is 55.6 Å². The second-order valence-electron chi connectivity index (χ2n) is 4.72. The Bertz CT molecular complexity index is 795. The van der Waals surface area contributed by atoms with Gasteiger partial charge in [-0.1, -0.05) is 0 Å². The minimum Gasteiger partial charge on any atom is -0.492 e. The number of rotatable bonds is 5. The van der Waals surface area contributed by atoms with Gasteiger partial charge in [-0.3, -0.25) is 15.1 Å². The molecule has 3 rings (SSSR count). The van der Waals surface area contributed by atoms with Crippen LogP contribution in [0.3, 0.4) is 0 Å². The highest BCUT2D eigenvalue weighted by atomic mass is 16.6. The number of nitrogens with one attached hydrogen (secondary N) is 1. The van der Waals surface area contributed by atoms with Gasteiger partial charge in [-0.15, -0.1) is 0 Å². The second-order valence-corrected chi connectivity index (χ2v) is 4.72. The molecule has 8 heteroatoms. The average Bonchev–Trinajstić information content (AvgIpc) is 3.19. The number of non-ortho nitro benzene ring substituents is 1. The summed E-state index contributed by atoms with van der Waals surface area (Å²) in [5, 5.41) is 10.8. The van der Waals surface area contributed by atoms with Crippen LogP contribution in [-0.2, 0) is 6.67 Å². The molecule has 3 aromatic rings. The van der Waals surface area contributed by atoms with Crippen LogP contribution < -0.4 is 13.9 Å². The third-order valence-corrected chi connectivity index (χ3v) is 3.27. The van der Waals surface area contributed by atoms with Gasteiger partial charge in [-0.2, -0.15) is 13.7 Å². The van der Waals surface area contributed by atoms with E-state index in [0.717, 1.165) is 5.69 Å². The molecule has 0 aliphatic carbocycles. The first kappa shape index (κ1) is 13.8. The highest BCUT2D eigenvalue weighted by molar-refractivity contribution is 5.53. The smallest absolute Gasteiger partial charge is 0.273 e. The Morgan fingerprint density at radius 3 is 2.91 bits per heavy atom. The molecule has 0 aliphatic rings. The highest BCUT2D eigenvalue weighted by Crippen LogP contribution is 2.27. The van der Waals surface area contributed by atoms with Crippen molar-refractivity contribution in [2.45, 2.75) is 6.67 Å². The Kier molecular flexibility index (Phi) is 3.57. The van der Waals surface area contributed by atoms with Crippen molar-refractivity contribution >= 4 is 5.69 Å². The molecule has 2 heterocycles. The summed E-state index contributed by atoms with van der Waals surface area (Å²) in [6.07, 6.45) is 11.3. The van der Waals surface area contributed by atoms with Crippen molar-refractivity contribution in [1.29, 1.82) is 0 Å². The zero-order valence-corrected chi connectivity index (χ0v) is 11.9. The van der Waals surface area contributed by atoms with Crippen LogP contribution >= 0.6 is 0 Å². The quantitative estimate of drug-likeness (QED) is 0.430. The highest BCUT2D eigenvalue weighted by Gasteiger charge is 2.17. The van der Waals surface area contributed by atoms with Crippen LogP contribution in [-0.4, -0.2) is 21.6 Å². The first-order valence-electron chi connectivity index (χ1n) is 6.59. The molecule has 22 heavy (non-hydrogen) atoms. The fourth-order valence-corrected chi connectivity index (χ4v) is 2.21. The van der Waals surface area contributed by atoms with Crippen molar-refractivity contribution in [3.63, 3.8) is 0 Å². The fourth-order valence-electron chi connectivity index (χ4n) is 2.21. The monoisotopic (exact) mass is 301 g/mol. The van der Waals surface area contributed by atoms with E-state index < -0.39 is 4.92 Å². The number of aromatic nitrogens is 4. The van der Waals surface area contributed by atoms with Crippen LogP contribution in [0.25, 0.3) is 5.69 Å². The Labute approximate surface area is 126 Å². The maximum atomic E-state index is 10.8. The SMILES string of the molecule is COc1cc([N+](=O)[O-])ccc1-n1cc[n+](C[n+]2cc[nH]c2)c1. The fraction of sp³-hybridized carbons (Fsp3) is 0.143. The molecule has 0 fully saturated rings. The van der Waals surface area contributed by atoms with Crippen LogP contribution in [0, 0.1) is 10.1 Å². The molecule has 2 aromatic heterocycles. The van der Waals surface area contributed by atoms with Gasteiger partial charge < -0.3 is 4.74 Å². The van der Waals surface area contributed by atoms with Crippen LogP contribution in [0.4, 0.5) is 5.69 Å². The molecule has 0 atom stereocenters. The number of hydrogen-bond acceptors (Lipinski definition) is 3. The summed E-state index contributed by atoms with van der Waals surface area (Å²) >= 11 is 0. The van der Waals surface area contributed by atoms with Crippen molar-refractivity contribution < 1.29 is 18.8 Å². The zero-order valence-electron chi connectivity index (χ0n) is 11.9. The van der Waals surface area contributed by atoms with Gasteiger partial charge in [-0.05, 0) is 6.07 Å². The van der Waals surface area contributed by atoms with Gasteiger partial charge in [0, 0.05) is 6.07 Å². The molecule has 1 N–H and O–H groups in total. The van der Waals surface area contributed by atoms with Gasteiger partial charge in [0.25, 0.3) is 12.0 Å². The van der Waals surface area contributed by atoms with E-state index in [1.807, 2.05) is 51.1 Å². The third-order valence-electron chi connectivity index (χ3n) is 3.27. The predicted molar refractivity (Wildman–Crippen MR) is 75.6 cm³/mol. The zero-order chi connectivity index (χ0) is 15.5. The van der Waals surface area contributed by atoms with Crippen LogP contribution in [0.5, 0.6) is 5.75 Å². The van der Waals surface area contributed by atoms with E-state index in [0.29, 0.717) is 12.4 Å². The summed E-state index contributed by atoms with van der Waals surface area (Å²) in [6, 6.07) is 4.55. The van der Waals surface area contributed by atoms with Gasteiger partial charge >= 0.3 is 0 Å². The van der Waals surface area contributed by atoms with E-state index in [1.54, 1.807) is 6.07 Å². The first-order valence-corrected chi connectivity index (χ1v) is 6.59. The van der Waals surface area contributed by atoms with E-state index in [9.17, 15) is 10.1 Å². The van der Waals surface area contributed by atoms with E-state index in [2.05, 4.69) is 4.98 Å². The number of nitro benzene ring substituents is 1. The van der Waals surface area contributed by atoms with E-state index in [-0.39, 0.29) is 5.69 Å². The number of ether oxygens (including phenoxy) is 1. The molecule has 0 saturated carbocycles. The molecule has 0 amide bonds. The molecule has 0 bridgehead atoms. The van der Waals surface area contributed by atoms with Gasteiger partial charge in [0.05, 0.1) is 18.1 Å². The van der Waals surface area contributed by atoms with E-state index in [1.165, 1.54) is 19.2 Å². The van der Waals surface area contributed by atoms with Gasteiger partial charge in [0.1, 0.15) is 24.8 Å². The predicted octanol–water partition coefficient (Wildman–Crippen LogP) is 0.803. The molecule has 1 aromatic carbocycles. The number of nitro groups is 1. The Balaban J connectivity index is 1.91. The largest absolute Gasteiger partial charge is 0.492 e. The first-order chi connectivity index (χ1) is 10.7. The van der Waals surface area contributed by atoms with Crippen LogP contribution in [0.2, 0.25) is 0 Å². The second kappa shape index (κ2) is 5.68. The van der Waals surface area contributed by atoms with E-state index >= 15 is 0 Å². The van der Waals surface area contributed by atoms with Gasteiger partial charge in [0.15, 0.2) is 11.4 Å². The number of imidazole rings is 2. The van der Waals surface area contributed by atoms with Crippen molar-refractivity contribution in [3.8, 4) is 11.4 Å². The molecule has 0 radical (unpaired) electrons. The summed E-state index contributed by atoms with van der Waals surface area (Å²) < 4.78 is 11.1. The molecule has 112 valence electrons. The molecule has 0 aliphatic heterocycles. The Hall–Kier alpha value is -3.16. The molecular formula is C14H15N5O3+2. The van der Waals surface area contributed by atoms with Crippen molar-refractivity contribution in [3.05, 3.63) is 65.8 Å². The molecule has 0 saturated heterocycles. The number of nitrogens with zero attached hydrogens (tertiary/aromatic N) is 4. The van der Waals surface area contributed by atoms with E-state index in [4.69, 9.17) is 4.74 Å². The third kappa shape index (κ3) is 2.66. The molecular weight excluding hydrogens is 286 g/mol. The molecule has 0 spiro atoms. The van der Waals surface area contributed by atoms with Crippen molar-refractivity contribution in [2.24, 2.45) is 0 Å². The number of methoxy groups -OCH3 is 1. The van der Waals surface area contributed by atoms with Gasteiger partial charge in [-0.25, -0.2) is 0 Å². The average molecular weight is 301 g/mol. The molecule has 8 nitrogen and oxygen atoms in total. The lowest BCUT2D eigenvalue weighted by Crippen LogP contribution is -2.49. The lowest BCUT2D eigenvalue weighted by atomic mass is 10.2. The summed E-state index contributed by atoms with van der Waals surface area (Å²) in [7, 11) is 1.50. The standard InChI is InChI=1S/C14H14N5O3/c1-22-14-8-12(19(20)21)2-3-13(14)18-7-6-17(11-18)10-16-5-4-15-9-16/h2-9,11H,10H2,1H3/q+1/p+1. The normalized spacial score (nSPS) is 10.6. The number of aromatic amines is 1. The number of H-pyrrole nitrogens is 1. The maximum absolute atomic E-state index is 10.8. The topological polar surface area (TPSA) is 80.8 Å². The summed E-state index contributed by atoms with van der Waals surface area (Å²) in [5.41, 5.74) is 0.745. The molecule has 0 unspecified atom stereocenters. The van der Waals surface area contributed by atoms with Crippen molar-refractivity contribution in [1.82, 2.24) is 9.55 Å². The minimum absolute atomic E-state index is 0.00325. The summed E-state index contributed by atoms with van der Waals surface area (Å²) in [5.74, 6) is 0.450.